The molecular formula is C20H23N3O7S. The fraction of sp³-hybridized carbons (Fsp3) is 0.350. The van der Waals surface area contributed by atoms with Crippen molar-refractivity contribution in [1.82, 2.24) is 10.0 Å². The summed E-state index contributed by atoms with van der Waals surface area (Å²) < 4.78 is 38.6. The number of carbonyl (C=O) groups is 1. The molecule has 3 rings (SSSR count). The van der Waals surface area contributed by atoms with Gasteiger partial charge < -0.3 is 14.8 Å². The van der Waals surface area contributed by atoms with Crippen molar-refractivity contribution in [3.63, 3.8) is 0 Å². The standard InChI is InChI=1S/C20H23N3O7S/c1-29-18-12-15(21-20(24)30-13-14-7-3-2-4-8-14)11-16(18)22-31(27,28)19-10-6-5-9-17(19)23(25)26/h2-10,15-16,18,22H,11-13H2,1H3,(H,21,24)/t15-,16+,18-/m1/s1. The van der Waals surface area contributed by atoms with E-state index in [9.17, 15) is 23.3 Å². The first-order valence-electron chi connectivity index (χ1n) is 9.56. The summed E-state index contributed by atoms with van der Waals surface area (Å²) in [6.07, 6.45) is -0.525. The van der Waals surface area contributed by atoms with Crippen LogP contribution in [0.1, 0.15) is 18.4 Å². The van der Waals surface area contributed by atoms with Crippen molar-refractivity contribution in [3.8, 4) is 0 Å². The highest BCUT2D eigenvalue weighted by Crippen LogP contribution is 2.27. The lowest BCUT2D eigenvalue weighted by Gasteiger charge is -2.19. The van der Waals surface area contributed by atoms with E-state index in [1.807, 2.05) is 30.3 Å². The number of nitro groups is 1. The van der Waals surface area contributed by atoms with Crippen LogP contribution in [0.4, 0.5) is 10.5 Å². The Kier molecular flexibility index (Phi) is 7.21. The fourth-order valence-corrected chi connectivity index (χ4v) is 4.98. The van der Waals surface area contributed by atoms with Crippen LogP contribution in [0.15, 0.2) is 59.5 Å². The summed E-state index contributed by atoms with van der Waals surface area (Å²) in [5, 5.41) is 13.9. The van der Waals surface area contributed by atoms with Gasteiger partial charge in [-0.1, -0.05) is 42.5 Å². The summed E-state index contributed by atoms with van der Waals surface area (Å²) in [6, 6.07) is 13.3. The van der Waals surface area contributed by atoms with Gasteiger partial charge in [-0.2, -0.15) is 0 Å². The topological polar surface area (TPSA) is 137 Å². The van der Waals surface area contributed by atoms with Gasteiger partial charge in [-0.25, -0.2) is 17.9 Å². The summed E-state index contributed by atoms with van der Waals surface area (Å²) >= 11 is 0. The Bertz CT molecular complexity index is 1030. The van der Waals surface area contributed by atoms with Gasteiger partial charge in [0.25, 0.3) is 5.69 Å². The third-order valence-corrected chi connectivity index (χ3v) is 6.54. The van der Waals surface area contributed by atoms with Crippen LogP contribution in [0.3, 0.4) is 0 Å². The second kappa shape index (κ2) is 9.86. The summed E-state index contributed by atoms with van der Waals surface area (Å²) in [4.78, 5) is 22.1. The zero-order valence-corrected chi connectivity index (χ0v) is 17.6. The van der Waals surface area contributed by atoms with E-state index in [1.165, 1.54) is 25.3 Å². The van der Waals surface area contributed by atoms with Crippen LogP contribution >= 0.6 is 0 Å². The number of nitrogens with zero attached hydrogens (tertiary/aromatic N) is 1. The minimum Gasteiger partial charge on any atom is -0.445 e. The zero-order valence-electron chi connectivity index (χ0n) is 16.8. The number of amides is 1. The third-order valence-electron chi connectivity index (χ3n) is 5.00. The van der Waals surface area contributed by atoms with Crippen molar-refractivity contribution in [2.45, 2.75) is 42.5 Å². The molecule has 0 saturated heterocycles. The van der Waals surface area contributed by atoms with Crippen LogP contribution in [0, 0.1) is 10.1 Å². The minimum absolute atomic E-state index is 0.112. The van der Waals surface area contributed by atoms with E-state index < -0.39 is 43.8 Å². The first kappa shape index (κ1) is 22.7. The minimum atomic E-state index is -4.18. The average molecular weight is 449 g/mol. The average Bonchev–Trinajstić information content (AvgIpc) is 3.13. The molecule has 1 saturated carbocycles. The summed E-state index contributed by atoms with van der Waals surface area (Å²) in [5.41, 5.74) is 0.329. The van der Waals surface area contributed by atoms with Gasteiger partial charge in [0.2, 0.25) is 10.0 Å². The molecule has 1 amide bonds. The summed E-state index contributed by atoms with van der Waals surface area (Å²) in [6.45, 7) is 0.112. The number of carbonyl (C=O) groups excluding carboxylic acids is 1. The Balaban J connectivity index is 1.62. The van der Waals surface area contributed by atoms with Crippen molar-refractivity contribution in [3.05, 3.63) is 70.3 Å². The van der Waals surface area contributed by atoms with Crippen LogP contribution in [0.5, 0.6) is 0 Å². The lowest BCUT2D eigenvalue weighted by atomic mass is 10.2. The van der Waals surface area contributed by atoms with Crippen LogP contribution in [-0.2, 0) is 26.1 Å². The van der Waals surface area contributed by atoms with Gasteiger partial charge in [0.1, 0.15) is 6.61 Å². The van der Waals surface area contributed by atoms with E-state index in [1.54, 1.807) is 0 Å². The maximum absolute atomic E-state index is 12.8. The molecule has 0 aromatic heterocycles. The van der Waals surface area contributed by atoms with Crippen molar-refractivity contribution in [2.24, 2.45) is 0 Å². The molecule has 0 spiro atoms. The Hall–Kier alpha value is -3.02. The molecule has 0 unspecified atom stereocenters. The normalized spacial score (nSPS) is 20.9. The first-order chi connectivity index (χ1) is 14.8. The SMILES string of the molecule is CO[C@@H]1C[C@H](NC(=O)OCc2ccccc2)C[C@@H]1NS(=O)(=O)c1ccccc1[N+](=O)[O-]. The number of hydrogen-bond acceptors (Lipinski definition) is 7. The molecule has 11 heteroatoms. The highest BCUT2D eigenvalue weighted by atomic mass is 32.2. The first-order valence-corrected chi connectivity index (χ1v) is 11.0. The number of alkyl carbamates (subject to hydrolysis) is 1. The second-order valence-electron chi connectivity index (χ2n) is 7.10. The van der Waals surface area contributed by atoms with Crippen molar-refractivity contribution in [2.75, 3.05) is 7.11 Å². The number of benzene rings is 2. The Morgan fingerprint density at radius 3 is 2.48 bits per heavy atom. The van der Waals surface area contributed by atoms with Crippen LogP contribution in [0.25, 0.3) is 0 Å². The number of hydrogen-bond donors (Lipinski definition) is 2. The molecule has 1 aliphatic carbocycles. The van der Waals surface area contributed by atoms with Gasteiger partial charge in [0.05, 0.1) is 17.1 Å². The highest BCUT2D eigenvalue weighted by molar-refractivity contribution is 7.89. The Labute approximate surface area is 179 Å². The van der Waals surface area contributed by atoms with Crippen LogP contribution in [0.2, 0.25) is 0 Å². The molecule has 0 bridgehead atoms. The number of nitro benzene ring substituents is 1. The van der Waals surface area contributed by atoms with Crippen LogP contribution < -0.4 is 10.0 Å². The molecule has 31 heavy (non-hydrogen) atoms. The summed E-state index contributed by atoms with van der Waals surface area (Å²) in [7, 11) is -2.74. The molecule has 0 aliphatic heterocycles. The number of sulfonamides is 1. The predicted molar refractivity (Wildman–Crippen MR) is 111 cm³/mol. The van der Waals surface area contributed by atoms with Crippen molar-refractivity contribution >= 4 is 21.8 Å². The predicted octanol–water partition coefficient (Wildman–Crippen LogP) is 2.35. The Morgan fingerprint density at radius 1 is 1.13 bits per heavy atom. The van der Waals surface area contributed by atoms with Crippen molar-refractivity contribution in [1.29, 1.82) is 0 Å². The molecule has 0 radical (unpaired) electrons. The highest BCUT2D eigenvalue weighted by Gasteiger charge is 2.39. The van der Waals surface area contributed by atoms with Crippen LogP contribution in [-0.4, -0.2) is 44.7 Å². The molecule has 2 aromatic carbocycles. The molecule has 1 aliphatic rings. The molecule has 3 atom stereocenters. The van der Waals surface area contributed by atoms with Gasteiger partial charge in [-0.05, 0) is 24.5 Å². The van der Waals surface area contributed by atoms with Gasteiger partial charge in [-0.15, -0.1) is 0 Å². The summed E-state index contributed by atoms with van der Waals surface area (Å²) in [5.74, 6) is 0. The molecular weight excluding hydrogens is 426 g/mol. The van der Waals surface area contributed by atoms with E-state index in [2.05, 4.69) is 10.0 Å². The lowest BCUT2D eigenvalue weighted by Crippen LogP contribution is -2.41. The number of para-hydroxylation sites is 1. The Morgan fingerprint density at radius 2 is 1.81 bits per heavy atom. The zero-order chi connectivity index (χ0) is 22.4. The molecule has 2 N–H and O–H groups in total. The van der Waals surface area contributed by atoms with E-state index in [-0.39, 0.29) is 19.1 Å². The van der Waals surface area contributed by atoms with Gasteiger partial charge in [0.15, 0.2) is 4.90 Å². The van der Waals surface area contributed by atoms with E-state index >= 15 is 0 Å². The molecule has 10 nitrogen and oxygen atoms in total. The molecule has 1 fully saturated rings. The number of nitrogens with one attached hydrogen (secondary N) is 2. The van der Waals surface area contributed by atoms with Crippen molar-refractivity contribution < 1.29 is 27.6 Å². The molecule has 166 valence electrons. The van der Waals surface area contributed by atoms with E-state index in [4.69, 9.17) is 9.47 Å². The molecule has 0 heterocycles. The third kappa shape index (κ3) is 5.78. The monoisotopic (exact) mass is 449 g/mol. The van der Waals surface area contributed by atoms with Gasteiger partial charge in [-0.3, -0.25) is 10.1 Å². The van der Waals surface area contributed by atoms with E-state index in [0.29, 0.717) is 6.42 Å². The second-order valence-corrected chi connectivity index (χ2v) is 8.78. The molecule has 2 aromatic rings. The quantitative estimate of drug-likeness (QED) is 0.466. The largest absolute Gasteiger partial charge is 0.445 e. The fourth-order valence-electron chi connectivity index (χ4n) is 3.53. The number of methoxy groups -OCH3 is 1. The lowest BCUT2D eigenvalue weighted by molar-refractivity contribution is -0.387. The number of ether oxygens (including phenoxy) is 2. The van der Waals surface area contributed by atoms with Gasteiger partial charge in [0, 0.05) is 19.2 Å². The maximum atomic E-state index is 12.8. The number of rotatable bonds is 8. The maximum Gasteiger partial charge on any atom is 0.407 e. The van der Waals surface area contributed by atoms with Gasteiger partial charge >= 0.3 is 6.09 Å². The van der Waals surface area contributed by atoms with E-state index in [0.717, 1.165) is 11.6 Å². The smallest absolute Gasteiger partial charge is 0.407 e.